The molecule has 6 heteroatoms. The Morgan fingerprint density at radius 1 is 1.38 bits per heavy atom. The van der Waals surface area contributed by atoms with E-state index in [1.165, 1.54) is 0 Å². The highest BCUT2D eigenvalue weighted by Gasteiger charge is 2.40. The SMILES string of the molecule is COc1ccc(Br)cc1[C@@H](CC(C)(C)[S+](N)[O-])C(C)(C)O. The molecule has 0 aliphatic rings. The monoisotopic (exact) mass is 377 g/mol. The normalized spacial score (nSPS) is 15.7. The van der Waals surface area contributed by atoms with Crippen molar-refractivity contribution in [3.8, 4) is 5.75 Å². The lowest BCUT2D eigenvalue weighted by Crippen LogP contribution is -2.43. The van der Waals surface area contributed by atoms with Gasteiger partial charge in [-0.2, -0.15) is 5.14 Å². The predicted molar refractivity (Wildman–Crippen MR) is 90.8 cm³/mol. The zero-order valence-electron chi connectivity index (χ0n) is 13.1. The third kappa shape index (κ3) is 4.86. The Kier molecular flexibility index (Phi) is 6.15. The summed E-state index contributed by atoms with van der Waals surface area (Å²) in [7, 11) is 1.60. The maximum absolute atomic E-state index is 11.7. The van der Waals surface area contributed by atoms with Crippen LogP contribution in [0.25, 0.3) is 0 Å². The molecule has 3 N–H and O–H groups in total. The Balaban J connectivity index is 3.31. The van der Waals surface area contributed by atoms with Crippen molar-refractivity contribution in [3.05, 3.63) is 28.2 Å². The molecule has 0 saturated carbocycles. The number of hydrogen-bond acceptors (Lipinski definition) is 4. The second-order valence-electron chi connectivity index (χ2n) is 6.35. The summed E-state index contributed by atoms with van der Waals surface area (Å²) in [4.78, 5) is 0. The van der Waals surface area contributed by atoms with Gasteiger partial charge in [-0.1, -0.05) is 15.9 Å². The zero-order valence-corrected chi connectivity index (χ0v) is 15.5. The van der Waals surface area contributed by atoms with E-state index in [0.717, 1.165) is 10.0 Å². The van der Waals surface area contributed by atoms with Gasteiger partial charge in [0.2, 0.25) is 0 Å². The molecule has 0 bridgehead atoms. The smallest absolute Gasteiger partial charge is 0.140 e. The summed E-state index contributed by atoms with van der Waals surface area (Å²) >= 11 is 1.96. The van der Waals surface area contributed by atoms with Crippen LogP contribution in [-0.4, -0.2) is 27.1 Å². The number of ether oxygens (including phenoxy) is 1. The van der Waals surface area contributed by atoms with Gasteiger partial charge in [-0.25, -0.2) is 0 Å². The highest BCUT2D eigenvalue weighted by atomic mass is 79.9. The predicted octanol–water partition coefficient (Wildman–Crippen LogP) is 3.10. The van der Waals surface area contributed by atoms with E-state index in [0.29, 0.717) is 12.2 Å². The molecular formula is C15H24BrNO3S. The van der Waals surface area contributed by atoms with Crippen molar-refractivity contribution in [1.82, 2.24) is 0 Å². The maximum Gasteiger partial charge on any atom is 0.140 e. The van der Waals surface area contributed by atoms with Crippen LogP contribution in [0.1, 0.15) is 45.6 Å². The first-order valence-corrected chi connectivity index (χ1v) is 8.71. The van der Waals surface area contributed by atoms with Gasteiger partial charge in [0, 0.05) is 33.7 Å². The van der Waals surface area contributed by atoms with E-state index < -0.39 is 21.7 Å². The Bertz CT molecular complexity index is 486. The summed E-state index contributed by atoms with van der Waals surface area (Å²) in [5.74, 6) is 0.441. The fourth-order valence-electron chi connectivity index (χ4n) is 2.29. The molecule has 1 rings (SSSR count). The van der Waals surface area contributed by atoms with Crippen molar-refractivity contribution in [2.45, 2.75) is 50.4 Å². The van der Waals surface area contributed by atoms with E-state index in [4.69, 9.17) is 9.88 Å². The van der Waals surface area contributed by atoms with Crippen LogP contribution in [0.4, 0.5) is 0 Å². The Morgan fingerprint density at radius 3 is 2.38 bits per heavy atom. The summed E-state index contributed by atoms with van der Waals surface area (Å²) in [5, 5.41) is 16.2. The first-order chi connectivity index (χ1) is 9.49. The van der Waals surface area contributed by atoms with Crippen molar-refractivity contribution < 1.29 is 14.4 Å². The molecule has 0 aromatic heterocycles. The third-order valence-electron chi connectivity index (χ3n) is 3.66. The minimum absolute atomic E-state index is 0.257. The number of halogens is 1. The van der Waals surface area contributed by atoms with Crippen molar-refractivity contribution in [1.29, 1.82) is 0 Å². The van der Waals surface area contributed by atoms with Crippen molar-refractivity contribution >= 4 is 27.3 Å². The number of benzene rings is 1. The van der Waals surface area contributed by atoms with E-state index in [1.807, 2.05) is 32.0 Å². The van der Waals surface area contributed by atoms with E-state index in [2.05, 4.69) is 15.9 Å². The highest BCUT2D eigenvalue weighted by Crippen LogP contribution is 2.42. The molecule has 0 aliphatic carbocycles. The number of methoxy groups -OCH3 is 1. The topological polar surface area (TPSA) is 78.5 Å². The van der Waals surface area contributed by atoms with Gasteiger partial charge in [0.15, 0.2) is 0 Å². The lowest BCUT2D eigenvalue weighted by molar-refractivity contribution is 0.0425. The molecule has 2 atom stereocenters. The first kappa shape index (κ1) is 18.8. The Labute approximate surface area is 138 Å². The van der Waals surface area contributed by atoms with Crippen LogP contribution in [0.3, 0.4) is 0 Å². The maximum atomic E-state index is 11.7. The minimum Gasteiger partial charge on any atom is -0.598 e. The molecule has 0 saturated heterocycles. The number of hydrogen-bond donors (Lipinski definition) is 2. The standard InChI is InChI=1S/C15H24BrNO3S/c1-14(2,21(17)19)9-12(15(3,4)18)11-8-10(16)6-7-13(11)20-5/h6-8,12,18H,9,17H2,1-5H3/t12-,21?/m1/s1. The lowest BCUT2D eigenvalue weighted by Gasteiger charge is -2.36. The van der Waals surface area contributed by atoms with Gasteiger partial charge in [0.05, 0.1) is 12.7 Å². The molecule has 1 aromatic carbocycles. The second kappa shape index (κ2) is 6.87. The van der Waals surface area contributed by atoms with Crippen molar-refractivity contribution in [2.24, 2.45) is 5.14 Å². The van der Waals surface area contributed by atoms with Crippen LogP contribution in [0.5, 0.6) is 5.75 Å². The summed E-state index contributed by atoms with van der Waals surface area (Å²) in [5.41, 5.74) is -0.122. The molecule has 1 aromatic rings. The summed E-state index contributed by atoms with van der Waals surface area (Å²) in [6.07, 6.45) is 0.479. The number of aliphatic hydroxyl groups is 1. The Morgan fingerprint density at radius 2 is 1.95 bits per heavy atom. The molecule has 0 spiro atoms. The minimum atomic E-state index is -1.48. The number of rotatable bonds is 6. The summed E-state index contributed by atoms with van der Waals surface area (Å²) < 4.78 is 17.4. The molecule has 1 unspecified atom stereocenters. The molecule has 0 heterocycles. The molecule has 21 heavy (non-hydrogen) atoms. The van der Waals surface area contributed by atoms with Gasteiger partial charge in [-0.05, 0) is 45.9 Å². The van der Waals surface area contributed by atoms with Gasteiger partial charge < -0.3 is 14.4 Å². The largest absolute Gasteiger partial charge is 0.598 e. The molecule has 4 nitrogen and oxygen atoms in total. The quantitative estimate of drug-likeness (QED) is 0.746. The van der Waals surface area contributed by atoms with Crippen molar-refractivity contribution in [2.75, 3.05) is 7.11 Å². The fourth-order valence-corrected chi connectivity index (χ4v) is 3.00. The number of nitrogens with two attached hydrogens (primary N) is 1. The van der Waals surface area contributed by atoms with Crippen LogP contribution >= 0.6 is 15.9 Å². The molecule has 0 aliphatic heterocycles. The van der Waals surface area contributed by atoms with Crippen molar-refractivity contribution in [3.63, 3.8) is 0 Å². The van der Waals surface area contributed by atoms with Crippen LogP contribution in [-0.2, 0) is 11.4 Å². The first-order valence-electron chi connectivity index (χ1n) is 6.71. The average molecular weight is 378 g/mol. The Hall–Kier alpha value is -0.270. The highest BCUT2D eigenvalue weighted by molar-refractivity contribution is 9.10. The van der Waals surface area contributed by atoms with Gasteiger partial charge in [-0.15, -0.1) is 0 Å². The lowest BCUT2D eigenvalue weighted by atomic mass is 9.78. The van der Waals surface area contributed by atoms with Crippen LogP contribution < -0.4 is 9.88 Å². The van der Waals surface area contributed by atoms with Crippen LogP contribution in [0, 0.1) is 0 Å². The average Bonchev–Trinajstić information content (AvgIpc) is 2.34. The van der Waals surface area contributed by atoms with E-state index >= 15 is 0 Å². The molecule has 0 radical (unpaired) electrons. The van der Waals surface area contributed by atoms with Gasteiger partial charge >= 0.3 is 0 Å². The van der Waals surface area contributed by atoms with Crippen LogP contribution in [0.2, 0.25) is 0 Å². The van der Waals surface area contributed by atoms with Gasteiger partial charge in [0.1, 0.15) is 10.5 Å². The summed E-state index contributed by atoms with van der Waals surface area (Å²) in [6.45, 7) is 7.17. The zero-order chi connectivity index (χ0) is 16.4. The van der Waals surface area contributed by atoms with E-state index in [1.54, 1.807) is 21.0 Å². The second-order valence-corrected chi connectivity index (χ2v) is 8.97. The molecule has 0 amide bonds. The summed E-state index contributed by atoms with van der Waals surface area (Å²) in [6, 6.07) is 5.66. The van der Waals surface area contributed by atoms with E-state index in [-0.39, 0.29) is 5.92 Å². The van der Waals surface area contributed by atoms with Crippen LogP contribution in [0.15, 0.2) is 22.7 Å². The van der Waals surface area contributed by atoms with Gasteiger partial charge in [-0.3, -0.25) is 0 Å². The third-order valence-corrected chi connectivity index (χ3v) is 5.41. The molecular weight excluding hydrogens is 354 g/mol. The fraction of sp³-hybridized carbons (Fsp3) is 0.600. The molecule has 120 valence electrons. The van der Waals surface area contributed by atoms with E-state index in [9.17, 15) is 9.66 Å². The van der Waals surface area contributed by atoms with Gasteiger partial charge in [0.25, 0.3) is 0 Å². The molecule has 0 fully saturated rings.